The molecular formula is C24H22N4O3. The van der Waals surface area contributed by atoms with E-state index in [1.807, 2.05) is 77.4 Å². The van der Waals surface area contributed by atoms with E-state index >= 15 is 0 Å². The average Bonchev–Trinajstić information content (AvgIpc) is 3.31. The Morgan fingerprint density at radius 3 is 2.19 bits per heavy atom. The standard InChI is InChI=1S/C24H22N4O3/c29-24(25-15-23-27-26-18-28(23)20-9-5-2-6-10-20)17-31-22-13-11-21(12-14-22)30-16-19-7-3-1-4-8-19/h1-14,18H,15-17H2,(H,25,29). The van der Waals surface area contributed by atoms with E-state index in [9.17, 15) is 4.79 Å². The van der Waals surface area contributed by atoms with Crippen LogP contribution in [0.1, 0.15) is 11.4 Å². The molecule has 0 saturated carbocycles. The first-order chi connectivity index (χ1) is 15.3. The molecule has 7 nitrogen and oxygen atoms in total. The zero-order valence-corrected chi connectivity index (χ0v) is 16.8. The van der Waals surface area contributed by atoms with Crippen LogP contribution in [-0.2, 0) is 17.9 Å². The predicted octanol–water partition coefficient (Wildman–Crippen LogP) is 3.54. The second-order valence-corrected chi connectivity index (χ2v) is 6.76. The molecule has 0 aliphatic heterocycles. The summed E-state index contributed by atoms with van der Waals surface area (Å²) in [4.78, 5) is 12.2. The molecule has 0 radical (unpaired) electrons. The number of nitrogens with one attached hydrogen (secondary N) is 1. The summed E-state index contributed by atoms with van der Waals surface area (Å²) in [5, 5.41) is 10.8. The molecule has 7 heteroatoms. The van der Waals surface area contributed by atoms with Gasteiger partial charge in [0.05, 0.1) is 6.54 Å². The Bertz CT molecular complexity index is 1100. The van der Waals surface area contributed by atoms with Crippen LogP contribution >= 0.6 is 0 Å². The molecule has 4 rings (SSSR count). The molecule has 1 heterocycles. The summed E-state index contributed by atoms with van der Waals surface area (Å²) in [5.41, 5.74) is 2.03. The van der Waals surface area contributed by atoms with Crippen LogP contribution in [0.5, 0.6) is 11.5 Å². The highest BCUT2D eigenvalue weighted by Crippen LogP contribution is 2.18. The summed E-state index contributed by atoms with van der Waals surface area (Å²) >= 11 is 0. The van der Waals surface area contributed by atoms with Crippen molar-refractivity contribution in [1.82, 2.24) is 20.1 Å². The van der Waals surface area contributed by atoms with Gasteiger partial charge in [-0.1, -0.05) is 48.5 Å². The number of carbonyl (C=O) groups excluding carboxylic acids is 1. The number of para-hydroxylation sites is 1. The van der Waals surface area contributed by atoms with E-state index in [2.05, 4.69) is 15.5 Å². The zero-order valence-electron chi connectivity index (χ0n) is 16.8. The van der Waals surface area contributed by atoms with Crippen molar-refractivity contribution in [3.8, 4) is 17.2 Å². The summed E-state index contributed by atoms with van der Waals surface area (Å²) in [7, 11) is 0. The molecule has 0 spiro atoms. The van der Waals surface area contributed by atoms with Crippen LogP contribution in [0, 0.1) is 0 Å². The monoisotopic (exact) mass is 414 g/mol. The smallest absolute Gasteiger partial charge is 0.258 e. The van der Waals surface area contributed by atoms with Crippen LogP contribution in [-0.4, -0.2) is 27.3 Å². The van der Waals surface area contributed by atoms with Gasteiger partial charge in [-0.05, 0) is 42.0 Å². The minimum absolute atomic E-state index is 0.0936. The maximum atomic E-state index is 12.2. The molecule has 0 atom stereocenters. The van der Waals surface area contributed by atoms with E-state index in [0.717, 1.165) is 17.0 Å². The maximum Gasteiger partial charge on any atom is 0.258 e. The molecule has 4 aromatic rings. The molecular weight excluding hydrogens is 392 g/mol. The largest absolute Gasteiger partial charge is 0.489 e. The third-order valence-corrected chi connectivity index (χ3v) is 4.54. The van der Waals surface area contributed by atoms with Gasteiger partial charge in [0.25, 0.3) is 5.91 Å². The second kappa shape index (κ2) is 10.1. The minimum atomic E-state index is -0.244. The number of amides is 1. The van der Waals surface area contributed by atoms with Gasteiger partial charge in [0.15, 0.2) is 12.4 Å². The average molecular weight is 414 g/mol. The van der Waals surface area contributed by atoms with Gasteiger partial charge < -0.3 is 14.8 Å². The molecule has 0 aliphatic carbocycles. The number of ether oxygens (including phenoxy) is 2. The summed E-state index contributed by atoms with van der Waals surface area (Å²) in [6.07, 6.45) is 1.62. The fourth-order valence-electron chi connectivity index (χ4n) is 2.93. The van der Waals surface area contributed by atoms with E-state index in [0.29, 0.717) is 18.2 Å². The molecule has 156 valence electrons. The topological polar surface area (TPSA) is 78.3 Å². The van der Waals surface area contributed by atoms with Crippen LogP contribution in [0.4, 0.5) is 0 Å². The molecule has 1 aromatic heterocycles. The van der Waals surface area contributed by atoms with Gasteiger partial charge in [-0.2, -0.15) is 0 Å². The second-order valence-electron chi connectivity index (χ2n) is 6.76. The third kappa shape index (κ3) is 5.70. The number of carbonyl (C=O) groups is 1. The first-order valence-electron chi connectivity index (χ1n) is 9.88. The van der Waals surface area contributed by atoms with Crippen molar-refractivity contribution in [2.75, 3.05) is 6.61 Å². The Balaban J connectivity index is 1.23. The van der Waals surface area contributed by atoms with Gasteiger partial charge in [0.2, 0.25) is 0 Å². The number of hydrogen-bond donors (Lipinski definition) is 1. The molecule has 0 aliphatic rings. The molecule has 3 aromatic carbocycles. The summed E-state index contributed by atoms with van der Waals surface area (Å²) in [6, 6.07) is 26.9. The van der Waals surface area contributed by atoms with Gasteiger partial charge in [0, 0.05) is 5.69 Å². The molecule has 1 N–H and O–H groups in total. The SMILES string of the molecule is O=C(COc1ccc(OCc2ccccc2)cc1)NCc1nncn1-c1ccccc1. The minimum Gasteiger partial charge on any atom is -0.489 e. The summed E-state index contributed by atoms with van der Waals surface area (Å²) in [6.45, 7) is 0.657. The molecule has 0 fully saturated rings. The van der Waals surface area contributed by atoms with Gasteiger partial charge in [-0.15, -0.1) is 10.2 Å². The van der Waals surface area contributed by atoms with E-state index in [1.165, 1.54) is 0 Å². The molecule has 31 heavy (non-hydrogen) atoms. The number of nitrogens with zero attached hydrogens (tertiary/aromatic N) is 3. The predicted molar refractivity (Wildman–Crippen MR) is 116 cm³/mol. The van der Waals surface area contributed by atoms with Crippen molar-refractivity contribution in [2.45, 2.75) is 13.2 Å². The van der Waals surface area contributed by atoms with Crippen LogP contribution < -0.4 is 14.8 Å². The van der Waals surface area contributed by atoms with Crippen molar-refractivity contribution in [2.24, 2.45) is 0 Å². The van der Waals surface area contributed by atoms with E-state index < -0.39 is 0 Å². The number of benzene rings is 3. The Morgan fingerprint density at radius 1 is 0.839 bits per heavy atom. The Kier molecular flexibility index (Phi) is 6.54. The van der Waals surface area contributed by atoms with E-state index in [1.54, 1.807) is 18.5 Å². The highest BCUT2D eigenvalue weighted by atomic mass is 16.5. The lowest BCUT2D eigenvalue weighted by Crippen LogP contribution is -2.29. The van der Waals surface area contributed by atoms with Crippen molar-refractivity contribution in [3.05, 3.63) is 103 Å². The highest BCUT2D eigenvalue weighted by molar-refractivity contribution is 5.77. The Labute approximate surface area is 180 Å². The Hall–Kier alpha value is -4.13. The lowest BCUT2D eigenvalue weighted by molar-refractivity contribution is -0.123. The zero-order chi connectivity index (χ0) is 21.3. The van der Waals surface area contributed by atoms with Crippen LogP contribution in [0.3, 0.4) is 0 Å². The lowest BCUT2D eigenvalue weighted by Gasteiger charge is -2.10. The van der Waals surface area contributed by atoms with Crippen molar-refractivity contribution in [1.29, 1.82) is 0 Å². The van der Waals surface area contributed by atoms with Crippen LogP contribution in [0.25, 0.3) is 5.69 Å². The van der Waals surface area contributed by atoms with Gasteiger partial charge in [0.1, 0.15) is 24.4 Å². The summed E-state index contributed by atoms with van der Waals surface area (Å²) < 4.78 is 13.1. The fourth-order valence-corrected chi connectivity index (χ4v) is 2.93. The normalized spacial score (nSPS) is 10.5. The van der Waals surface area contributed by atoms with Gasteiger partial charge >= 0.3 is 0 Å². The van der Waals surface area contributed by atoms with Gasteiger partial charge in [-0.25, -0.2) is 0 Å². The number of hydrogen-bond acceptors (Lipinski definition) is 5. The van der Waals surface area contributed by atoms with Crippen LogP contribution in [0.2, 0.25) is 0 Å². The fraction of sp³-hybridized carbons (Fsp3) is 0.125. The lowest BCUT2D eigenvalue weighted by atomic mass is 10.2. The van der Waals surface area contributed by atoms with Crippen molar-refractivity contribution < 1.29 is 14.3 Å². The Morgan fingerprint density at radius 2 is 1.48 bits per heavy atom. The molecule has 1 amide bonds. The van der Waals surface area contributed by atoms with Crippen molar-refractivity contribution in [3.63, 3.8) is 0 Å². The van der Waals surface area contributed by atoms with Crippen molar-refractivity contribution >= 4 is 5.91 Å². The highest BCUT2D eigenvalue weighted by Gasteiger charge is 2.09. The first kappa shape index (κ1) is 20.2. The summed E-state index contributed by atoms with van der Waals surface area (Å²) in [5.74, 6) is 1.72. The molecule has 0 unspecified atom stereocenters. The van der Waals surface area contributed by atoms with Gasteiger partial charge in [-0.3, -0.25) is 9.36 Å². The first-order valence-corrected chi connectivity index (χ1v) is 9.88. The van der Waals surface area contributed by atoms with E-state index in [4.69, 9.17) is 9.47 Å². The molecule has 0 bridgehead atoms. The van der Waals surface area contributed by atoms with E-state index in [-0.39, 0.29) is 19.1 Å². The third-order valence-electron chi connectivity index (χ3n) is 4.54. The number of rotatable bonds is 9. The van der Waals surface area contributed by atoms with Crippen LogP contribution in [0.15, 0.2) is 91.3 Å². The maximum absolute atomic E-state index is 12.2. The quantitative estimate of drug-likeness (QED) is 0.453. The number of aromatic nitrogens is 3. The molecule has 0 saturated heterocycles.